The van der Waals surface area contributed by atoms with E-state index in [1.807, 2.05) is 0 Å². The van der Waals surface area contributed by atoms with Gasteiger partial charge in [-0.1, -0.05) is 47.0 Å². The highest BCUT2D eigenvalue weighted by molar-refractivity contribution is 4.87. The first-order valence-electron chi connectivity index (χ1n) is 8.49. The van der Waals surface area contributed by atoms with Gasteiger partial charge >= 0.3 is 0 Å². The summed E-state index contributed by atoms with van der Waals surface area (Å²) in [6, 6.07) is 0.820. The lowest BCUT2D eigenvalue weighted by atomic mass is 9.99. The zero-order valence-corrected chi connectivity index (χ0v) is 14.0. The lowest BCUT2D eigenvalue weighted by Crippen LogP contribution is -2.59. The van der Waals surface area contributed by atoms with E-state index >= 15 is 0 Å². The molecule has 19 heavy (non-hydrogen) atoms. The van der Waals surface area contributed by atoms with Gasteiger partial charge in [-0.2, -0.15) is 0 Å². The third-order valence-corrected chi connectivity index (χ3v) is 4.66. The molecule has 1 aliphatic rings. The van der Waals surface area contributed by atoms with Crippen LogP contribution in [-0.2, 0) is 0 Å². The molecule has 0 aromatic carbocycles. The molecule has 1 heterocycles. The summed E-state index contributed by atoms with van der Waals surface area (Å²) in [5.41, 5.74) is 0. The molecular weight excluding hydrogens is 232 g/mol. The molecule has 0 amide bonds. The normalized spacial score (nSPS) is 20.5. The van der Waals surface area contributed by atoms with Crippen LogP contribution in [0.25, 0.3) is 0 Å². The molecule has 0 spiro atoms. The van der Waals surface area contributed by atoms with E-state index in [4.69, 9.17) is 0 Å². The fraction of sp³-hybridized carbons (Fsp3) is 1.00. The minimum Gasteiger partial charge on any atom is -0.301 e. The summed E-state index contributed by atoms with van der Waals surface area (Å²) in [4.78, 5) is 5.23. The predicted molar refractivity (Wildman–Crippen MR) is 85.6 cm³/mol. The largest absolute Gasteiger partial charge is 0.301 e. The zero-order valence-electron chi connectivity index (χ0n) is 14.0. The molecule has 2 atom stereocenters. The molecular formula is C17H36N2. The van der Waals surface area contributed by atoms with E-state index in [0.29, 0.717) is 0 Å². The predicted octanol–water partition coefficient (Wildman–Crippen LogP) is 3.86. The summed E-state index contributed by atoms with van der Waals surface area (Å²) in [7, 11) is 2.31. The Labute approximate surface area is 121 Å². The monoisotopic (exact) mass is 268 g/mol. The van der Waals surface area contributed by atoms with Gasteiger partial charge in [0.2, 0.25) is 0 Å². The van der Waals surface area contributed by atoms with Crippen molar-refractivity contribution in [3.63, 3.8) is 0 Å². The molecule has 0 aliphatic carbocycles. The molecule has 0 bridgehead atoms. The summed E-state index contributed by atoms with van der Waals surface area (Å²) in [5.74, 6) is 1.76. The first kappa shape index (κ1) is 17.0. The molecule has 1 fully saturated rings. The summed E-state index contributed by atoms with van der Waals surface area (Å²) >= 11 is 0. The van der Waals surface area contributed by atoms with Crippen molar-refractivity contribution in [3.8, 4) is 0 Å². The topological polar surface area (TPSA) is 6.48 Å². The number of likely N-dealkylation sites (tertiary alicyclic amines) is 1. The van der Waals surface area contributed by atoms with Crippen molar-refractivity contribution in [1.29, 1.82) is 0 Å². The van der Waals surface area contributed by atoms with E-state index in [1.165, 1.54) is 58.3 Å². The van der Waals surface area contributed by atoms with E-state index in [-0.39, 0.29) is 0 Å². The van der Waals surface area contributed by atoms with E-state index in [9.17, 15) is 0 Å². The van der Waals surface area contributed by atoms with Crippen molar-refractivity contribution < 1.29 is 0 Å². The standard InChI is InChI=1S/C17H36N2/c1-6-8-15(3)10-11-19-13-17(14-19)18(5)12-16(4)9-7-2/h15-17H,6-14H2,1-5H3. The maximum absolute atomic E-state index is 2.64. The average Bonchev–Trinajstić information content (AvgIpc) is 2.27. The number of hydrogen-bond acceptors (Lipinski definition) is 2. The van der Waals surface area contributed by atoms with Gasteiger partial charge in [-0.05, 0) is 38.3 Å². The van der Waals surface area contributed by atoms with E-state index in [0.717, 1.165) is 17.9 Å². The molecule has 114 valence electrons. The second-order valence-corrected chi connectivity index (χ2v) is 6.93. The van der Waals surface area contributed by atoms with Gasteiger partial charge in [-0.3, -0.25) is 0 Å². The molecule has 0 saturated carbocycles. The van der Waals surface area contributed by atoms with Crippen LogP contribution in [-0.4, -0.2) is 49.1 Å². The van der Waals surface area contributed by atoms with Crippen LogP contribution < -0.4 is 0 Å². The summed E-state index contributed by atoms with van der Waals surface area (Å²) in [5, 5.41) is 0. The number of rotatable bonds is 10. The first-order valence-corrected chi connectivity index (χ1v) is 8.49. The second kappa shape index (κ2) is 8.97. The molecule has 1 saturated heterocycles. The lowest BCUT2D eigenvalue weighted by Gasteiger charge is -2.45. The van der Waals surface area contributed by atoms with Crippen LogP contribution in [0.1, 0.15) is 59.8 Å². The van der Waals surface area contributed by atoms with Crippen molar-refractivity contribution >= 4 is 0 Å². The molecule has 0 aromatic heterocycles. The van der Waals surface area contributed by atoms with Gasteiger partial charge in [0.1, 0.15) is 0 Å². The van der Waals surface area contributed by atoms with Gasteiger partial charge < -0.3 is 9.80 Å². The highest BCUT2D eigenvalue weighted by atomic mass is 15.3. The summed E-state index contributed by atoms with van der Waals surface area (Å²) in [6.45, 7) is 14.6. The van der Waals surface area contributed by atoms with E-state index in [2.05, 4.69) is 44.5 Å². The fourth-order valence-corrected chi connectivity index (χ4v) is 3.27. The quantitative estimate of drug-likeness (QED) is 0.593. The Morgan fingerprint density at radius 3 is 2.16 bits per heavy atom. The Morgan fingerprint density at radius 1 is 1.00 bits per heavy atom. The smallest absolute Gasteiger partial charge is 0.0347 e. The van der Waals surface area contributed by atoms with Crippen molar-refractivity contribution in [3.05, 3.63) is 0 Å². The zero-order chi connectivity index (χ0) is 14.3. The fourth-order valence-electron chi connectivity index (χ4n) is 3.27. The van der Waals surface area contributed by atoms with Gasteiger partial charge in [0.05, 0.1) is 0 Å². The van der Waals surface area contributed by atoms with Gasteiger partial charge in [-0.15, -0.1) is 0 Å². The molecule has 2 nitrogen and oxygen atoms in total. The minimum absolute atomic E-state index is 0.820. The van der Waals surface area contributed by atoms with Crippen LogP contribution in [0.5, 0.6) is 0 Å². The SMILES string of the molecule is CCCC(C)CCN1CC(N(C)CC(C)CCC)C1. The highest BCUT2D eigenvalue weighted by Crippen LogP contribution is 2.19. The Kier molecular flexibility index (Phi) is 8.01. The maximum atomic E-state index is 2.64. The molecule has 1 rings (SSSR count). The Balaban J connectivity index is 2.08. The molecule has 0 N–H and O–H groups in total. The minimum atomic E-state index is 0.820. The number of hydrogen-bond donors (Lipinski definition) is 0. The second-order valence-electron chi connectivity index (χ2n) is 6.93. The van der Waals surface area contributed by atoms with Crippen LogP contribution in [0.15, 0.2) is 0 Å². The maximum Gasteiger partial charge on any atom is 0.0347 e. The Morgan fingerprint density at radius 2 is 1.58 bits per heavy atom. The van der Waals surface area contributed by atoms with E-state index in [1.54, 1.807) is 0 Å². The molecule has 2 unspecified atom stereocenters. The summed E-state index contributed by atoms with van der Waals surface area (Å²) in [6.07, 6.45) is 6.81. The lowest BCUT2D eigenvalue weighted by molar-refractivity contribution is 0.0380. The van der Waals surface area contributed by atoms with Crippen molar-refractivity contribution in [2.75, 3.05) is 33.2 Å². The van der Waals surface area contributed by atoms with Gasteiger partial charge in [0.25, 0.3) is 0 Å². The Bertz CT molecular complexity index is 223. The van der Waals surface area contributed by atoms with Crippen LogP contribution in [0, 0.1) is 11.8 Å². The van der Waals surface area contributed by atoms with Crippen LogP contribution in [0.4, 0.5) is 0 Å². The first-order chi connectivity index (χ1) is 9.06. The van der Waals surface area contributed by atoms with Crippen LogP contribution >= 0.6 is 0 Å². The molecule has 2 heteroatoms. The van der Waals surface area contributed by atoms with Gasteiger partial charge in [0, 0.05) is 25.7 Å². The van der Waals surface area contributed by atoms with Crippen molar-refractivity contribution in [1.82, 2.24) is 9.80 Å². The Hall–Kier alpha value is -0.0800. The van der Waals surface area contributed by atoms with Crippen LogP contribution in [0.3, 0.4) is 0 Å². The highest BCUT2D eigenvalue weighted by Gasteiger charge is 2.29. The average molecular weight is 268 g/mol. The van der Waals surface area contributed by atoms with Gasteiger partial charge in [-0.25, -0.2) is 0 Å². The number of nitrogens with zero attached hydrogens (tertiary/aromatic N) is 2. The third-order valence-electron chi connectivity index (χ3n) is 4.66. The van der Waals surface area contributed by atoms with Crippen LogP contribution in [0.2, 0.25) is 0 Å². The molecule has 1 aliphatic heterocycles. The third kappa shape index (κ3) is 6.27. The summed E-state index contributed by atoms with van der Waals surface area (Å²) < 4.78 is 0. The van der Waals surface area contributed by atoms with Gasteiger partial charge in [0.15, 0.2) is 0 Å². The van der Waals surface area contributed by atoms with Crippen molar-refractivity contribution in [2.24, 2.45) is 11.8 Å². The molecule has 0 radical (unpaired) electrons. The van der Waals surface area contributed by atoms with E-state index < -0.39 is 0 Å². The number of likely N-dealkylation sites (N-methyl/N-ethyl adjacent to an activating group) is 1. The molecule has 0 aromatic rings. The van der Waals surface area contributed by atoms with Crippen molar-refractivity contribution in [2.45, 2.75) is 65.8 Å².